The van der Waals surface area contributed by atoms with Crippen molar-refractivity contribution in [2.45, 2.75) is 38.6 Å². The first kappa shape index (κ1) is 21.7. The van der Waals surface area contributed by atoms with Gasteiger partial charge in [0, 0.05) is 25.6 Å². The molecule has 2 aliphatic rings. The van der Waals surface area contributed by atoms with Crippen molar-refractivity contribution in [3.05, 3.63) is 70.8 Å². The fourth-order valence-corrected chi connectivity index (χ4v) is 4.20. The molecule has 1 N–H and O–H groups in total. The van der Waals surface area contributed by atoms with Crippen LogP contribution in [0.1, 0.15) is 51.1 Å². The van der Waals surface area contributed by atoms with Crippen LogP contribution in [0.2, 0.25) is 0 Å². The smallest absolute Gasteiger partial charge is 0.262 e. The number of aryl methyl sites for hydroxylation is 2. The van der Waals surface area contributed by atoms with Gasteiger partial charge in [0.15, 0.2) is 0 Å². The Morgan fingerprint density at radius 2 is 1.53 bits per heavy atom. The van der Waals surface area contributed by atoms with Crippen molar-refractivity contribution in [2.75, 3.05) is 19.6 Å². The highest BCUT2D eigenvalue weighted by Gasteiger charge is 2.37. The molecule has 0 atom stereocenters. The maximum absolute atomic E-state index is 12.7. The molecule has 2 heterocycles. The molecule has 2 aromatic carbocycles. The number of hydrogen-bond acceptors (Lipinski definition) is 4. The molecule has 32 heavy (non-hydrogen) atoms. The van der Waals surface area contributed by atoms with Gasteiger partial charge in [-0.1, -0.05) is 42.0 Å². The lowest BCUT2D eigenvalue weighted by Gasteiger charge is -2.33. The number of carbonyl (C=O) groups excluding carboxylic acids is 4. The molecule has 0 radical (unpaired) electrons. The lowest BCUT2D eigenvalue weighted by Crippen LogP contribution is -2.49. The van der Waals surface area contributed by atoms with Gasteiger partial charge >= 0.3 is 0 Å². The Kier molecular flexibility index (Phi) is 6.35. The van der Waals surface area contributed by atoms with Crippen LogP contribution in [0.3, 0.4) is 0 Å². The summed E-state index contributed by atoms with van der Waals surface area (Å²) in [7, 11) is 0. The number of hydrogen-bond donors (Lipinski definition) is 1. The van der Waals surface area contributed by atoms with E-state index < -0.39 is 11.8 Å². The Morgan fingerprint density at radius 1 is 0.938 bits per heavy atom. The van der Waals surface area contributed by atoms with Crippen molar-refractivity contribution in [1.29, 1.82) is 0 Å². The molecule has 1 fully saturated rings. The molecule has 0 bridgehead atoms. The number of likely N-dealkylation sites (tertiary alicyclic amines) is 1. The minimum absolute atomic E-state index is 0.0152. The molecule has 0 unspecified atom stereocenters. The second-order valence-corrected chi connectivity index (χ2v) is 8.45. The molecule has 4 amide bonds. The number of nitrogens with zero attached hydrogens (tertiary/aromatic N) is 2. The molecule has 2 aromatic rings. The third-order valence-electron chi connectivity index (χ3n) is 6.15. The number of fused-ring (bicyclic) bond motifs is 1. The van der Waals surface area contributed by atoms with Crippen LogP contribution in [0.15, 0.2) is 48.5 Å². The van der Waals surface area contributed by atoms with Gasteiger partial charge in [-0.15, -0.1) is 0 Å². The third kappa shape index (κ3) is 4.72. The fourth-order valence-electron chi connectivity index (χ4n) is 4.20. The van der Waals surface area contributed by atoms with E-state index in [1.54, 1.807) is 29.2 Å². The second kappa shape index (κ2) is 9.34. The van der Waals surface area contributed by atoms with Crippen LogP contribution in [0.4, 0.5) is 0 Å². The minimum atomic E-state index is -0.422. The standard InChI is InChI=1S/C25H27N3O4/c1-17-6-8-18(9-7-17)10-11-22(29)26-19-12-14-27(15-13-19)23(30)16-28-24(31)20-4-2-3-5-21(20)25(28)32/h2-9,19H,10-16H2,1H3,(H,26,29). The largest absolute Gasteiger partial charge is 0.353 e. The van der Waals surface area contributed by atoms with Gasteiger partial charge in [-0.2, -0.15) is 0 Å². The molecule has 1 saturated heterocycles. The van der Waals surface area contributed by atoms with Crippen LogP contribution in [-0.4, -0.2) is 59.1 Å². The van der Waals surface area contributed by atoms with E-state index in [1.165, 1.54) is 5.56 Å². The van der Waals surface area contributed by atoms with Crippen molar-refractivity contribution in [2.24, 2.45) is 0 Å². The predicted octanol–water partition coefficient (Wildman–Crippen LogP) is 2.33. The number of imide groups is 1. The van der Waals surface area contributed by atoms with E-state index in [2.05, 4.69) is 5.32 Å². The van der Waals surface area contributed by atoms with E-state index in [-0.39, 0.29) is 24.4 Å². The summed E-state index contributed by atoms with van der Waals surface area (Å²) in [5.74, 6) is -1.07. The van der Waals surface area contributed by atoms with Gasteiger partial charge < -0.3 is 10.2 Å². The van der Waals surface area contributed by atoms with Crippen LogP contribution < -0.4 is 5.32 Å². The number of benzene rings is 2. The van der Waals surface area contributed by atoms with Crippen LogP contribution in [0.5, 0.6) is 0 Å². The zero-order chi connectivity index (χ0) is 22.7. The van der Waals surface area contributed by atoms with E-state index in [4.69, 9.17) is 0 Å². The van der Waals surface area contributed by atoms with Crippen molar-refractivity contribution >= 4 is 23.6 Å². The zero-order valence-corrected chi connectivity index (χ0v) is 18.2. The van der Waals surface area contributed by atoms with Gasteiger partial charge in [-0.25, -0.2) is 0 Å². The molecule has 0 saturated carbocycles. The number of nitrogens with one attached hydrogen (secondary N) is 1. The van der Waals surface area contributed by atoms with Crippen LogP contribution in [0, 0.1) is 6.92 Å². The maximum atomic E-state index is 12.7. The van der Waals surface area contributed by atoms with E-state index in [1.807, 2.05) is 31.2 Å². The first-order valence-corrected chi connectivity index (χ1v) is 11.0. The normalized spacial score (nSPS) is 16.3. The Morgan fingerprint density at radius 3 is 2.12 bits per heavy atom. The summed E-state index contributed by atoms with van der Waals surface area (Å²) in [5, 5.41) is 3.06. The summed E-state index contributed by atoms with van der Waals surface area (Å²) < 4.78 is 0. The molecule has 2 aliphatic heterocycles. The van der Waals surface area contributed by atoms with Gasteiger partial charge in [-0.05, 0) is 43.9 Å². The maximum Gasteiger partial charge on any atom is 0.262 e. The second-order valence-electron chi connectivity index (χ2n) is 8.45. The highest BCUT2D eigenvalue weighted by molar-refractivity contribution is 6.22. The van der Waals surface area contributed by atoms with Crippen molar-refractivity contribution in [1.82, 2.24) is 15.1 Å². The first-order valence-electron chi connectivity index (χ1n) is 11.0. The summed E-state index contributed by atoms with van der Waals surface area (Å²) in [5.41, 5.74) is 3.02. The summed E-state index contributed by atoms with van der Waals surface area (Å²) in [6.07, 6.45) is 2.44. The van der Waals surface area contributed by atoms with E-state index in [0.717, 1.165) is 10.5 Å². The van der Waals surface area contributed by atoms with Gasteiger partial charge in [0.25, 0.3) is 11.8 Å². The quantitative estimate of drug-likeness (QED) is 0.709. The van der Waals surface area contributed by atoms with Gasteiger partial charge in [0.1, 0.15) is 6.54 Å². The number of carbonyl (C=O) groups is 4. The topological polar surface area (TPSA) is 86.8 Å². The summed E-state index contributed by atoms with van der Waals surface area (Å²) in [6, 6.07) is 14.8. The predicted molar refractivity (Wildman–Crippen MR) is 119 cm³/mol. The highest BCUT2D eigenvalue weighted by atomic mass is 16.2. The molecule has 7 heteroatoms. The van der Waals surface area contributed by atoms with Crippen LogP contribution >= 0.6 is 0 Å². The summed E-state index contributed by atoms with van der Waals surface area (Å²) in [4.78, 5) is 52.6. The average molecular weight is 434 g/mol. The van der Waals surface area contributed by atoms with Gasteiger partial charge in [0.2, 0.25) is 11.8 Å². The fraction of sp³-hybridized carbons (Fsp3) is 0.360. The molecule has 7 nitrogen and oxygen atoms in total. The Hall–Kier alpha value is -3.48. The average Bonchev–Trinajstić information content (AvgIpc) is 3.04. The SMILES string of the molecule is Cc1ccc(CCC(=O)NC2CCN(C(=O)CN3C(=O)c4ccccc4C3=O)CC2)cc1. The molecule has 0 spiro atoms. The van der Waals surface area contributed by atoms with Crippen molar-refractivity contribution < 1.29 is 19.2 Å². The van der Waals surface area contributed by atoms with Crippen LogP contribution in [0.25, 0.3) is 0 Å². The lowest BCUT2D eigenvalue weighted by atomic mass is 10.0. The minimum Gasteiger partial charge on any atom is -0.353 e. The molecule has 0 aliphatic carbocycles. The molecule has 166 valence electrons. The number of piperidine rings is 1. The Balaban J connectivity index is 1.22. The highest BCUT2D eigenvalue weighted by Crippen LogP contribution is 2.22. The van der Waals surface area contributed by atoms with E-state index in [9.17, 15) is 19.2 Å². The molecule has 0 aromatic heterocycles. The van der Waals surface area contributed by atoms with Gasteiger partial charge in [-0.3, -0.25) is 24.1 Å². The lowest BCUT2D eigenvalue weighted by molar-refractivity contribution is -0.132. The molecule has 4 rings (SSSR count). The zero-order valence-electron chi connectivity index (χ0n) is 18.2. The van der Waals surface area contributed by atoms with E-state index in [0.29, 0.717) is 49.9 Å². The molecular formula is C25H27N3O4. The van der Waals surface area contributed by atoms with Crippen LogP contribution in [-0.2, 0) is 16.0 Å². The Labute approximate surface area is 187 Å². The number of rotatable bonds is 6. The summed E-state index contributed by atoms with van der Waals surface area (Å²) >= 11 is 0. The first-order chi connectivity index (χ1) is 15.4. The monoisotopic (exact) mass is 433 g/mol. The van der Waals surface area contributed by atoms with Gasteiger partial charge in [0.05, 0.1) is 11.1 Å². The van der Waals surface area contributed by atoms with Crippen molar-refractivity contribution in [3.8, 4) is 0 Å². The van der Waals surface area contributed by atoms with E-state index >= 15 is 0 Å². The van der Waals surface area contributed by atoms with Crippen molar-refractivity contribution in [3.63, 3.8) is 0 Å². The Bertz CT molecular complexity index is 1000. The summed E-state index contributed by atoms with van der Waals surface area (Å²) in [6.45, 7) is 2.77. The third-order valence-corrected chi connectivity index (χ3v) is 6.15. The molecular weight excluding hydrogens is 406 g/mol. The number of amides is 4.